The van der Waals surface area contributed by atoms with Gasteiger partial charge in [-0.3, -0.25) is 4.90 Å². The summed E-state index contributed by atoms with van der Waals surface area (Å²) in [6, 6.07) is 6.39. The van der Waals surface area contributed by atoms with Crippen LogP contribution in [0, 0.1) is 0 Å². The van der Waals surface area contributed by atoms with Crippen LogP contribution in [0.2, 0.25) is 0 Å². The van der Waals surface area contributed by atoms with Crippen LogP contribution in [0.25, 0.3) is 11.2 Å². The summed E-state index contributed by atoms with van der Waals surface area (Å²) in [5.74, 6) is 1.53. The molecule has 0 unspecified atom stereocenters. The van der Waals surface area contributed by atoms with Crippen molar-refractivity contribution in [2.75, 3.05) is 31.1 Å². The summed E-state index contributed by atoms with van der Waals surface area (Å²) in [5.41, 5.74) is 3.73. The van der Waals surface area contributed by atoms with E-state index in [-0.39, 0.29) is 0 Å². The number of methoxy groups -OCH3 is 1. The van der Waals surface area contributed by atoms with Gasteiger partial charge in [0.25, 0.3) is 0 Å². The second kappa shape index (κ2) is 7.30. The number of benzene rings is 1. The number of ether oxygens (including phenoxy) is 1. The van der Waals surface area contributed by atoms with Gasteiger partial charge in [0.2, 0.25) is 0 Å². The van der Waals surface area contributed by atoms with Gasteiger partial charge in [-0.15, -0.1) is 0 Å². The van der Waals surface area contributed by atoms with Crippen LogP contribution in [0.4, 0.5) is 17.3 Å². The molecule has 146 valence electrons. The monoisotopic (exact) mass is 406 g/mol. The van der Waals surface area contributed by atoms with Gasteiger partial charge in [-0.1, -0.05) is 17.8 Å². The van der Waals surface area contributed by atoms with Gasteiger partial charge in [0.05, 0.1) is 18.6 Å². The fraction of sp³-hybridized carbons (Fsp3) is 0.211. The highest BCUT2D eigenvalue weighted by atomic mass is 32.2. The van der Waals surface area contributed by atoms with Gasteiger partial charge in [0.15, 0.2) is 17.3 Å². The zero-order valence-corrected chi connectivity index (χ0v) is 16.7. The lowest BCUT2D eigenvalue weighted by Crippen LogP contribution is -2.24. The zero-order chi connectivity index (χ0) is 19.8. The molecule has 0 fully saturated rings. The van der Waals surface area contributed by atoms with Crippen LogP contribution >= 0.6 is 11.8 Å². The predicted octanol–water partition coefficient (Wildman–Crippen LogP) is 2.91. The normalized spacial score (nSPS) is 12.7. The molecule has 0 aliphatic carbocycles. The first-order valence-corrected chi connectivity index (χ1v) is 9.82. The topological polar surface area (TPSA) is 93.9 Å². The number of rotatable bonds is 5. The predicted molar refractivity (Wildman–Crippen MR) is 111 cm³/mol. The Morgan fingerprint density at radius 3 is 2.86 bits per heavy atom. The highest BCUT2D eigenvalue weighted by Gasteiger charge is 2.26. The Kier molecular flexibility index (Phi) is 4.49. The average molecular weight is 406 g/mol. The van der Waals surface area contributed by atoms with E-state index in [0.29, 0.717) is 13.3 Å². The molecule has 4 aromatic rings. The molecule has 0 bridgehead atoms. The molecule has 9 nitrogen and oxygen atoms in total. The Hall–Kier alpha value is -3.24. The van der Waals surface area contributed by atoms with Crippen molar-refractivity contribution < 1.29 is 4.74 Å². The van der Waals surface area contributed by atoms with E-state index in [9.17, 15) is 0 Å². The number of anilines is 3. The standard InChI is InChI=1S/C19H18N8OS/c1-20-16-15-17(24-9-23-16)26(10-25-15)8-12-3-4-14-13(7-12)27(11-28-2)18-19(29-14)22-6-5-21-18/h3-7,9-10H,8,11H2,1-2H3,(H,20,23,24). The molecule has 0 amide bonds. The molecule has 0 radical (unpaired) electrons. The van der Waals surface area contributed by atoms with Crippen molar-refractivity contribution in [3.8, 4) is 0 Å². The molecule has 4 heterocycles. The molecule has 3 aromatic heterocycles. The molecule has 0 spiro atoms. The highest BCUT2D eigenvalue weighted by molar-refractivity contribution is 7.99. The number of hydrogen-bond donors (Lipinski definition) is 1. The Morgan fingerprint density at radius 1 is 1.10 bits per heavy atom. The minimum absolute atomic E-state index is 0.398. The largest absolute Gasteiger partial charge is 0.371 e. The fourth-order valence-electron chi connectivity index (χ4n) is 3.39. The van der Waals surface area contributed by atoms with E-state index in [1.165, 1.54) is 0 Å². The fourth-order valence-corrected chi connectivity index (χ4v) is 4.37. The van der Waals surface area contributed by atoms with Gasteiger partial charge in [0.1, 0.15) is 23.6 Å². The van der Waals surface area contributed by atoms with Crippen LogP contribution < -0.4 is 10.2 Å². The molecule has 1 N–H and O–H groups in total. The lowest BCUT2D eigenvalue weighted by atomic mass is 10.2. The quantitative estimate of drug-likeness (QED) is 0.537. The van der Waals surface area contributed by atoms with Gasteiger partial charge < -0.3 is 14.6 Å². The molecular formula is C19H18N8OS. The first-order chi connectivity index (χ1) is 14.3. The van der Waals surface area contributed by atoms with Gasteiger partial charge in [-0.25, -0.2) is 24.9 Å². The maximum Gasteiger partial charge on any atom is 0.168 e. The molecule has 1 aliphatic heterocycles. The molecule has 0 saturated heterocycles. The number of hydrogen-bond acceptors (Lipinski definition) is 9. The first kappa shape index (κ1) is 17.8. The minimum Gasteiger partial charge on any atom is -0.371 e. The molecule has 10 heteroatoms. The lowest BCUT2D eigenvalue weighted by Gasteiger charge is -2.30. The second-order valence-electron chi connectivity index (χ2n) is 6.45. The van der Waals surface area contributed by atoms with E-state index in [4.69, 9.17) is 4.74 Å². The van der Waals surface area contributed by atoms with Crippen molar-refractivity contribution in [2.24, 2.45) is 0 Å². The lowest BCUT2D eigenvalue weighted by molar-refractivity contribution is 0.204. The van der Waals surface area contributed by atoms with Crippen molar-refractivity contribution in [1.82, 2.24) is 29.5 Å². The third kappa shape index (κ3) is 3.06. The minimum atomic E-state index is 0.398. The Morgan fingerprint density at radius 2 is 2.00 bits per heavy atom. The second-order valence-corrected chi connectivity index (χ2v) is 7.48. The maximum absolute atomic E-state index is 5.43. The zero-order valence-electron chi connectivity index (χ0n) is 15.9. The molecule has 29 heavy (non-hydrogen) atoms. The van der Waals surface area contributed by atoms with Gasteiger partial charge in [0, 0.05) is 31.4 Å². The summed E-state index contributed by atoms with van der Waals surface area (Å²) in [4.78, 5) is 25.2. The van der Waals surface area contributed by atoms with Gasteiger partial charge in [-0.05, 0) is 17.7 Å². The van der Waals surface area contributed by atoms with Crippen molar-refractivity contribution in [3.63, 3.8) is 0 Å². The highest BCUT2D eigenvalue weighted by Crippen LogP contribution is 2.46. The Bertz CT molecular complexity index is 1190. The van der Waals surface area contributed by atoms with E-state index in [1.54, 1.807) is 43.9 Å². The molecule has 1 aromatic carbocycles. The van der Waals surface area contributed by atoms with Crippen LogP contribution in [0.3, 0.4) is 0 Å². The van der Waals surface area contributed by atoms with Crippen molar-refractivity contribution in [2.45, 2.75) is 16.5 Å². The summed E-state index contributed by atoms with van der Waals surface area (Å²) in [6.45, 7) is 1.04. The van der Waals surface area contributed by atoms with Crippen LogP contribution in [-0.2, 0) is 11.3 Å². The summed E-state index contributed by atoms with van der Waals surface area (Å²) in [7, 11) is 3.51. The van der Waals surface area contributed by atoms with Crippen LogP contribution in [0.5, 0.6) is 0 Å². The average Bonchev–Trinajstić information content (AvgIpc) is 3.17. The Labute approximate surface area is 171 Å². The third-order valence-corrected chi connectivity index (χ3v) is 5.72. The third-order valence-electron chi connectivity index (χ3n) is 4.67. The molecule has 5 rings (SSSR count). The summed E-state index contributed by atoms with van der Waals surface area (Å²) >= 11 is 1.62. The van der Waals surface area contributed by atoms with Crippen LogP contribution in [0.1, 0.15) is 5.56 Å². The molecule has 1 aliphatic rings. The van der Waals surface area contributed by atoms with Crippen molar-refractivity contribution in [3.05, 3.63) is 48.8 Å². The van der Waals surface area contributed by atoms with E-state index in [1.807, 2.05) is 16.5 Å². The summed E-state index contributed by atoms with van der Waals surface area (Å²) < 4.78 is 7.45. The number of fused-ring (bicyclic) bond motifs is 3. The number of nitrogens with zero attached hydrogens (tertiary/aromatic N) is 7. The van der Waals surface area contributed by atoms with Crippen LogP contribution in [-0.4, -0.2) is 50.4 Å². The molecule has 0 atom stereocenters. The summed E-state index contributed by atoms with van der Waals surface area (Å²) in [5, 5.41) is 3.93. The SMILES string of the molecule is CNc1ncnc2c1ncn2Cc1ccc2c(c1)N(COC)c1nccnc1S2. The molecular weight excluding hydrogens is 388 g/mol. The first-order valence-electron chi connectivity index (χ1n) is 9.00. The van der Waals surface area contributed by atoms with E-state index >= 15 is 0 Å². The Balaban J connectivity index is 1.52. The smallest absolute Gasteiger partial charge is 0.168 e. The summed E-state index contributed by atoms with van der Waals surface area (Å²) in [6.07, 6.45) is 6.75. The van der Waals surface area contributed by atoms with Crippen molar-refractivity contribution in [1.29, 1.82) is 0 Å². The van der Waals surface area contributed by atoms with Crippen molar-refractivity contribution >= 4 is 40.2 Å². The number of nitrogens with one attached hydrogen (secondary N) is 1. The van der Waals surface area contributed by atoms with Gasteiger partial charge in [-0.2, -0.15) is 0 Å². The molecule has 0 saturated carbocycles. The van der Waals surface area contributed by atoms with Crippen LogP contribution in [0.15, 0.2) is 53.2 Å². The van der Waals surface area contributed by atoms with E-state index in [0.717, 1.165) is 44.0 Å². The number of imidazole rings is 1. The van der Waals surface area contributed by atoms with E-state index < -0.39 is 0 Å². The van der Waals surface area contributed by atoms with E-state index in [2.05, 4.69) is 48.4 Å². The van der Waals surface area contributed by atoms with Gasteiger partial charge >= 0.3 is 0 Å². The number of aromatic nitrogens is 6. The maximum atomic E-state index is 5.43.